The third-order valence-electron chi connectivity index (χ3n) is 4.93. The van der Waals surface area contributed by atoms with E-state index in [1.54, 1.807) is 24.3 Å². The number of fused-ring (bicyclic) bond motifs is 1. The first kappa shape index (κ1) is 20.5. The molecular weight excluding hydrogens is 423 g/mol. The minimum Gasteiger partial charge on any atom is -0.367 e. The highest BCUT2D eigenvalue weighted by atomic mass is 32.2. The summed E-state index contributed by atoms with van der Waals surface area (Å²) in [5.41, 5.74) is -0.153. The molecule has 0 amide bonds. The molecule has 0 radical (unpaired) electrons. The van der Waals surface area contributed by atoms with Crippen molar-refractivity contribution in [2.24, 2.45) is 0 Å². The monoisotopic (exact) mass is 441 g/mol. The number of hydrogen-bond acceptors (Lipinski definition) is 7. The number of halogens is 3. The Balaban J connectivity index is 1.38. The van der Waals surface area contributed by atoms with Crippen molar-refractivity contribution in [1.82, 2.24) is 19.4 Å². The first-order valence-corrected chi connectivity index (χ1v) is 10.8. The summed E-state index contributed by atoms with van der Waals surface area (Å²) in [7, 11) is -3.61. The predicted molar refractivity (Wildman–Crippen MR) is 102 cm³/mol. The summed E-state index contributed by atoms with van der Waals surface area (Å²) < 4.78 is 70.5. The van der Waals surface area contributed by atoms with Gasteiger partial charge >= 0.3 is 6.18 Å². The van der Waals surface area contributed by atoms with Crippen LogP contribution >= 0.6 is 0 Å². The summed E-state index contributed by atoms with van der Waals surface area (Å²) >= 11 is 0. The number of aromatic nitrogens is 3. The molecule has 0 saturated carbocycles. The average molecular weight is 441 g/mol. The quantitative estimate of drug-likeness (QED) is 0.649. The van der Waals surface area contributed by atoms with E-state index in [-0.39, 0.29) is 30.7 Å². The lowest BCUT2D eigenvalue weighted by Gasteiger charge is -2.31. The highest BCUT2D eigenvalue weighted by molar-refractivity contribution is 7.88. The van der Waals surface area contributed by atoms with E-state index in [0.717, 1.165) is 12.4 Å². The third-order valence-corrected chi connectivity index (χ3v) is 6.72. The molecule has 3 aromatic rings. The first-order valence-electron chi connectivity index (χ1n) is 9.19. The molecule has 2 aromatic heterocycles. The van der Waals surface area contributed by atoms with Crippen molar-refractivity contribution in [2.45, 2.75) is 30.8 Å². The van der Waals surface area contributed by atoms with Gasteiger partial charge in [-0.25, -0.2) is 22.7 Å². The van der Waals surface area contributed by atoms with Gasteiger partial charge in [-0.1, -0.05) is 17.3 Å². The highest BCUT2D eigenvalue weighted by Gasteiger charge is 2.33. The lowest BCUT2D eigenvalue weighted by atomic mass is 10.1. The maximum atomic E-state index is 12.8. The number of rotatable bonds is 5. The topological polar surface area (TPSA) is 101 Å². The number of nitrogens with one attached hydrogen (secondary N) is 1. The van der Waals surface area contributed by atoms with Gasteiger partial charge in [0.05, 0.1) is 0 Å². The van der Waals surface area contributed by atoms with Gasteiger partial charge in [0.15, 0.2) is 5.58 Å². The minimum atomic E-state index is -4.55. The Morgan fingerprint density at radius 1 is 1.17 bits per heavy atom. The molecule has 0 spiro atoms. The first-order chi connectivity index (χ1) is 14.2. The number of benzene rings is 1. The number of para-hydroxylation sites is 1. The van der Waals surface area contributed by atoms with Gasteiger partial charge in [-0.3, -0.25) is 0 Å². The number of anilines is 1. The van der Waals surface area contributed by atoms with Gasteiger partial charge in [0.2, 0.25) is 10.0 Å². The zero-order valence-corrected chi connectivity index (χ0v) is 16.4. The van der Waals surface area contributed by atoms with Gasteiger partial charge in [0.25, 0.3) is 0 Å². The summed E-state index contributed by atoms with van der Waals surface area (Å²) in [4.78, 5) is 7.05. The fraction of sp³-hybridized carbons (Fsp3) is 0.389. The third kappa shape index (κ3) is 4.38. The SMILES string of the molecule is O=S(=O)(Cc1noc2ccccc12)N1CCC(Nc2cc(C(F)(F)F)ncn2)CC1. The van der Waals surface area contributed by atoms with Crippen LogP contribution in [0.3, 0.4) is 0 Å². The Labute approximate surface area is 170 Å². The van der Waals surface area contributed by atoms with Gasteiger partial charge < -0.3 is 9.84 Å². The zero-order valence-electron chi connectivity index (χ0n) is 15.6. The van der Waals surface area contributed by atoms with Crippen LogP contribution in [-0.4, -0.2) is 47.0 Å². The largest absolute Gasteiger partial charge is 0.433 e. The molecule has 12 heteroatoms. The van der Waals surface area contributed by atoms with E-state index in [9.17, 15) is 21.6 Å². The number of hydrogen-bond donors (Lipinski definition) is 1. The van der Waals surface area contributed by atoms with Gasteiger partial charge in [0.1, 0.15) is 29.3 Å². The highest BCUT2D eigenvalue weighted by Crippen LogP contribution is 2.29. The molecule has 4 rings (SSSR count). The van der Waals surface area contributed by atoms with Crippen molar-refractivity contribution < 1.29 is 26.1 Å². The van der Waals surface area contributed by atoms with Crippen molar-refractivity contribution >= 4 is 26.8 Å². The van der Waals surface area contributed by atoms with Crippen LogP contribution in [0.2, 0.25) is 0 Å². The molecule has 160 valence electrons. The van der Waals surface area contributed by atoms with Crippen LogP contribution in [0.15, 0.2) is 41.2 Å². The smallest absolute Gasteiger partial charge is 0.367 e. The molecule has 1 saturated heterocycles. The summed E-state index contributed by atoms with van der Waals surface area (Å²) in [6.45, 7) is 0.486. The van der Waals surface area contributed by atoms with Crippen LogP contribution in [0.5, 0.6) is 0 Å². The van der Waals surface area contributed by atoms with Crippen LogP contribution in [0.1, 0.15) is 24.2 Å². The normalized spacial score (nSPS) is 16.8. The molecule has 1 aliphatic heterocycles. The van der Waals surface area contributed by atoms with E-state index in [0.29, 0.717) is 29.5 Å². The van der Waals surface area contributed by atoms with E-state index >= 15 is 0 Å². The molecule has 1 aliphatic rings. The van der Waals surface area contributed by atoms with E-state index in [4.69, 9.17) is 4.52 Å². The Hall–Kier alpha value is -2.73. The zero-order chi connectivity index (χ0) is 21.4. The number of alkyl halides is 3. The second kappa shape index (κ2) is 7.84. The molecule has 0 atom stereocenters. The molecule has 3 heterocycles. The second-order valence-electron chi connectivity index (χ2n) is 6.99. The summed E-state index contributed by atoms with van der Waals surface area (Å²) in [6.07, 6.45) is -2.83. The molecule has 1 fully saturated rings. The maximum Gasteiger partial charge on any atom is 0.433 e. The Morgan fingerprint density at radius 2 is 1.90 bits per heavy atom. The van der Waals surface area contributed by atoms with Crippen molar-refractivity contribution in [3.05, 3.63) is 48.0 Å². The number of nitrogens with zero attached hydrogens (tertiary/aromatic N) is 4. The van der Waals surface area contributed by atoms with Gasteiger partial charge in [-0.2, -0.15) is 13.2 Å². The number of sulfonamides is 1. The van der Waals surface area contributed by atoms with Crippen molar-refractivity contribution in [1.29, 1.82) is 0 Å². The molecule has 8 nitrogen and oxygen atoms in total. The van der Waals surface area contributed by atoms with Crippen molar-refractivity contribution in [3.63, 3.8) is 0 Å². The van der Waals surface area contributed by atoms with E-state index in [1.807, 2.05) is 0 Å². The lowest BCUT2D eigenvalue weighted by Crippen LogP contribution is -2.43. The second-order valence-corrected chi connectivity index (χ2v) is 8.95. The van der Waals surface area contributed by atoms with Crippen LogP contribution in [-0.2, 0) is 22.0 Å². The summed E-state index contributed by atoms with van der Waals surface area (Å²) in [5, 5.41) is 7.46. The van der Waals surface area contributed by atoms with E-state index < -0.39 is 21.9 Å². The van der Waals surface area contributed by atoms with Gasteiger partial charge in [0, 0.05) is 30.6 Å². The average Bonchev–Trinajstić information content (AvgIpc) is 3.10. The molecule has 0 unspecified atom stereocenters. The fourth-order valence-electron chi connectivity index (χ4n) is 3.38. The van der Waals surface area contributed by atoms with Crippen molar-refractivity contribution in [2.75, 3.05) is 18.4 Å². The molecule has 0 bridgehead atoms. The fourth-order valence-corrected chi connectivity index (χ4v) is 4.89. The minimum absolute atomic E-state index is 0.0627. The van der Waals surface area contributed by atoms with Crippen molar-refractivity contribution in [3.8, 4) is 0 Å². The van der Waals surface area contributed by atoms with Crippen LogP contribution < -0.4 is 5.32 Å². The van der Waals surface area contributed by atoms with Crippen LogP contribution in [0.25, 0.3) is 11.0 Å². The number of piperidine rings is 1. The van der Waals surface area contributed by atoms with E-state index in [1.165, 1.54) is 4.31 Å². The predicted octanol–water partition coefficient (Wildman–Crippen LogP) is 3.04. The molecular formula is C18H18F3N5O3S. The Kier molecular flexibility index (Phi) is 5.36. The molecule has 0 aliphatic carbocycles. The molecule has 1 aromatic carbocycles. The van der Waals surface area contributed by atoms with Crippen LogP contribution in [0, 0.1) is 0 Å². The lowest BCUT2D eigenvalue weighted by molar-refractivity contribution is -0.141. The molecule has 30 heavy (non-hydrogen) atoms. The van der Waals surface area contributed by atoms with Gasteiger partial charge in [-0.05, 0) is 25.0 Å². The Bertz CT molecular complexity index is 1140. The summed E-state index contributed by atoms with van der Waals surface area (Å²) in [6, 6.07) is 7.68. The maximum absolute atomic E-state index is 12.8. The summed E-state index contributed by atoms with van der Waals surface area (Å²) in [5.74, 6) is -0.212. The standard InChI is InChI=1S/C18H18F3N5O3S/c19-18(20,21)16-9-17(23-11-22-16)24-12-5-7-26(8-6-12)30(27,28)10-14-13-3-1-2-4-15(13)29-25-14/h1-4,9,11-12H,5-8,10H2,(H,22,23,24). The van der Waals surface area contributed by atoms with Crippen LogP contribution in [0.4, 0.5) is 19.0 Å². The van der Waals surface area contributed by atoms with E-state index in [2.05, 4.69) is 20.4 Å². The van der Waals surface area contributed by atoms with Gasteiger partial charge in [-0.15, -0.1) is 0 Å². The molecule has 1 N–H and O–H groups in total. The Morgan fingerprint density at radius 3 is 2.63 bits per heavy atom.